The molecule has 7 heteroatoms. The smallest absolute Gasteiger partial charge is 0.379 e. The van der Waals surface area contributed by atoms with Crippen molar-refractivity contribution in [3.8, 4) is 0 Å². The van der Waals surface area contributed by atoms with Gasteiger partial charge in [0.05, 0.1) is 16.3 Å². The van der Waals surface area contributed by atoms with Gasteiger partial charge in [0.25, 0.3) is 0 Å². The molecule has 2 rings (SSSR count). The SMILES string of the molecule is Fc1ccc(Cl)cc1CNc1c(Cl)cccc1C(F)(F)F. The van der Waals surface area contributed by atoms with Crippen LogP contribution in [0.2, 0.25) is 10.0 Å². The molecule has 0 amide bonds. The first kappa shape index (κ1) is 15.9. The summed E-state index contributed by atoms with van der Waals surface area (Å²) in [7, 11) is 0. The minimum atomic E-state index is -4.56. The predicted molar refractivity (Wildman–Crippen MR) is 75.2 cm³/mol. The van der Waals surface area contributed by atoms with Crippen LogP contribution in [0.5, 0.6) is 0 Å². The van der Waals surface area contributed by atoms with E-state index < -0.39 is 17.6 Å². The average molecular weight is 338 g/mol. The molecular weight excluding hydrogens is 329 g/mol. The van der Waals surface area contributed by atoms with Crippen molar-refractivity contribution in [3.63, 3.8) is 0 Å². The standard InChI is InChI=1S/C14H9Cl2F4N/c15-9-4-5-12(17)8(6-9)7-21-13-10(14(18,19)20)2-1-3-11(13)16/h1-6,21H,7H2. The van der Waals surface area contributed by atoms with E-state index in [9.17, 15) is 17.6 Å². The molecule has 112 valence electrons. The molecule has 2 aromatic carbocycles. The van der Waals surface area contributed by atoms with Gasteiger partial charge in [-0.3, -0.25) is 0 Å². The van der Waals surface area contributed by atoms with Crippen molar-refractivity contribution in [3.05, 3.63) is 63.4 Å². The molecule has 0 aliphatic rings. The van der Waals surface area contributed by atoms with Gasteiger partial charge in [0.15, 0.2) is 0 Å². The zero-order valence-electron chi connectivity index (χ0n) is 10.4. The first-order chi connectivity index (χ1) is 9.79. The maximum Gasteiger partial charge on any atom is 0.418 e. The second kappa shape index (κ2) is 6.12. The number of halogens is 6. The zero-order chi connectivity index (χ0) is 15.6. The van der Waals surface area contributed by atoms with E-state index in [1.165, 1.54) is 24.3 Å². The van der Waals surface area contributed by atoms with Crippen molar-refractivity contribution in [2.45, 2.75) is 12.7 Å². The molecule has 0 aromatic heterocycles. The molecule has 0 spiro atoms. The summed E-state index contributed by atoms with van der Waals surface area (Å²) in [6, 6.07) is 7.29. The summed E-state index contributed by atoms with van der Waals surface area (Å²) in [4.78, 5) is 0. The fourth-order valence-electron chi connectivity index (χ4n) is 1.80. The van der Waals surface area contributed by atoms with Crippen LogP contribution in [-0.2, 0) is 12.7 Å². The zero-order valence-corrected chi connectivity index (χ0v) is 12.0. The maximum absolute atomic E-state index is 13.6. The Morgan fingerprint density at radius 3 is 2.43 bits per heavy atom. The average Bonchev–Trinajstić information content (AvgIpc) is 2.39. The van der Waals surface area contributed by atoms with E-state index in [4.69, 9.17) is 23.2 Å². The number of anilines is 1. The van der Waals surface area contributed by atoms with Crippen LogP contribution in [0.4, 0.5) is 23.2 Å². The molecule has 0 atom stereocenters. The number of para-hydroxylation sites is 1. The summed E-state index contributed by atoms with van der Waals surface area (Å²) in [5.74, 6) is -0.562. The molecule has 2 aromatic rings. The highest BCUT2D eigenvalue weighted by molar-refractivity contribution is 6.33. The van der Waals surface area contributed by atoms with Crippen molar-refractivity contribution >= 4 is 28.9 Å². The van der Waals surface area contributed by atoms with E-state index in [-0.39, 0.29) is 22.8 Å². The van der Waals surface area contributed by atoms with Gasteiger partial charge in [0.2, 0.25) is 0 Å². The first-order valence-electron chi connectivity index (χ1n) is 5.82. The van der Waals surface area contributed by atoms with Crippen LogP contribution >= 0.6 is 23.2 Å². The molecule has 0 fully saturated rings. The molecule has 0 aliphatic heterocycles. The van der Waals surface area contributed by atoms with E-state index in [0.29, 0.717) is 5.02 Å². The molecule has 0 bridgehead atoms. The third kappa shape index (κ3) is 3.80. The van der Waals surface area contributed by atoms with E-state index in [1.54, 1.807) is 0 Å². The van der Waals surface area contributed by atoms with Crippen molar-refractivity contribution in [1.29, 1.82) is 0 Å². The Morgan fingerprint density at radius 2 is 1.76 bits per heavy atom. The Kier molecular flexibility index (Phi) is 4.64. The van der Waals surface area contributed by atoms with Gasteiger partial charge in [-0.1, -0.05) is 29.3 Å². The topological polar surface area (TPSA) is 12.0 Å². The fourth-order valence-corrected chi connectivity index (χ4v) is 2.24. The van der Waals surface area contributed by atoms with E-state index in [1.807, 2.05) is 0 Å². The number of hydrogen-bond donors (Lipinski definition) is 1. The highest BCUT2D eigenvalue weighted by atomic mass is 35.5. The summed E-state index contributed by atoms with van der Waals surface area (Å²) < 4.78 is 52.3. The van der Waals surface area contributed by atoms with Crippen LogP contribution in [0.1, 0.15) is 11.1 Å². The number of hydrogen-bond acceptors (Lipinski definition) is 1. The minimum absolute atomic E-state index is 0.0905. The van der Waals surface area contributed by atoms with Gasteiger partial charge in [0.1, 0.15) is 5.82 Å². The third-order valence-corrected chi connectivity index (χ3v) is 3.33. The Labute approximate surface area is 128 Å². The van der Waals surface area contributed by atoms with Crippen molar-refractivity contribution in [2.24, 2.45) is 0 Å². The highest BCUT2D eigenvalue weighted by Crippen LogP contribution is 2.38. The summed E-state index contributed by atoms with van der Waals surface area (Å²) >= 11 is 11.5. The van der Waals surface area contributed by atoms with Crippen LogP contribution in [0.3, 0.4) is 0 Å². The lowest BCUT2D eigenvalue weighted by Gasteiger charge is -2.16. The summed E-state index contributed by atoms with van der Waals surface area (Å²) in [5.41, 5.74) is -1.04. The Hall–Kier alpha value is -1.46. The largest absolute Gasteiger partial charge is 0.418 e. The first-order valence-corrected chi connectivity index (χ1v) is 6.58. The van der Waals surface area contributed by atoms with E-state index in [2.05, 4.69) is 5.32 Å². The molecule has 0 unspecified atom stereocenters. The van der Waals surface area contributed by atoms with Gasteiger partial charge in [-0.15, -0.1) is 0 Å². The number of alkyl halides is 3. The molecule has 0 radical (unpaired) electrons. The van der Waals surface area contributed by atoms with Crippen LogP contribution in [0.15, 0.2) is 36.4 Å². The van der Waals surface area contributed by atoms with Crippen molar-refractivity contribution in [2.75, 3.05) is 5.32 Å². The molecule has 21 heavy (non-hydrogen) atoms. The van der Waals surface area contributed by atoms with Gasteiger partial charge >= 0.3 is 6.18 Å². The van der Waals surface area contributed by atoms with Gasteiger partial charge < -0.3 is 5.32 Å². The summed E-state index contributed by atoms with van der Waals surface area (Å²) in [6.07, 6.45) is -4.56. The van der Waals surface area contributed by atoms with E-state index >= 15 is 0 Å². The fraction of sp³-hybridized carbons (Fsp3) is 0.143. The molecule has 1 N–H and O–H groups in total. The molecule has 1 nitrogen and oxygen atoms in total. The lowest BCUT2D eigenvalue weighted by atomic mass is 10.1. The molecule has 0 saturated carbocycles. The maximum atomic E-state index is 13.6. The monoisotopic (exact) mass is 337 g/mol. The molecular formula is C14H9Cl2F4N. The normalized spacial score (nSPS) is 11.5. The van der Waals surface area contributed by atoms with Crippen LogP contribution in [0.25, 0.3) is 0 Å². The van der Waals surface area contributed by atoms with Gasteiger partial charge in [0, 0.05) is 17.1 Å². The van der Waals surface area contributed by atoms with Crippen LogP contribution < -0.4 is 5.32 Å². The number of rotatable bonds is 3. The summed E-state index contributed by atoms with van der Waals surface area (Å²) in [5, 5.41) is 2.73. The predicted octanol–water partition coefficient (Wildman–Crippen LogP) is 5.76. The second-order valence-electron chi connectivity index (χ2n) is 4.25. The van der Waals surface area contributed by atoms with Crippen molar-refractivity contribution < 1.29 is 17.6 Å². The highest BCUT2D eigenvalue weighted by Gasteiger charge is 2.34. The molecule has 0 saturated heterocycles. The van der Waals surface area contributed by atoms with Gasteiger partial charge in [-0.2, -0.15) is 13.2 Å². The lowest BCUT2D eigenvalue weighted by Crippen LogP contribution is -2.11. The number of nitrogens with one attached hydrogen (secondary N) is 1. The second-order valence-corrected chi connectivity index (χ2v) is 5.09. The Morgan fingerprint density at radius 1 is 1.05 bits per heavy atom. The molecule has 0 heterocycles. The van der Waals surface area contributed by atoms with Gasteiger partial charge in [-0.05, 0) is 30.3 Å². The quantitative estimate of drug-likeness (QED) is 0.701. The van der Waals surface area contributed by atoms with Crippen molar-refractivity contribution in [1.82, 2.24) is 0 Å². The Bertz CT molecular complexity index is 656. The Balaban J connectivity index is 2.30. The number of benzene rings is 2. The van der Waals surface area contributed by atoms with Crippen LogP contribution in [-0.4, -0.2) is 0 Å². The minimum Gasteiger partial charge on any atom is -0.379 e. The lowest BCUT2D eigenvalue weighted by molar-refractivity contribution is -0.136. The third-order valence-electron chi connectivity index (χ3n) is 2.78. The molecule has 0 aliphatic carbocycles. The van der Waals surface area contributed by atoms with Crippen LogP contribution in [0, 0.1) is 5.82 Å². The van der Waals surface area contributed by atoms with E-state index in [0.717, 1.165) is 12.1 Å². The van der Waals surface area contributed by atoms with Gasteiger partial charge in [-0.25, -0.2) is 4.39 Å². The summed E-state index contributed by atoms with van der Waals surface area (Å²) in [6.45, 7) is -0.167.